The molecule has 0 aromatic carbocycles. The van der Waals surface area contributed by atoms with Gasteiger partial charge in [0.1, 0.15) is 12.2 Å². The number of hydrogen-bond acceptors (Lipinski definition) is 4. The highest BCUT2D eigenvalue weighted by Crippen LogP contribution is 2.22. The Bertz CT molecular complexity index is 282. The van der Waals surface area contributed by atoms with Gasteiger partial charge < -0.3 is 20.1 Å². The first-order valence-electron chi connectivity index (χ1n) is 7.45. The van der Waals surface area contributed by atoms with Crippen molar-refractivity contribution in [3.8, 4) is 0 Å². The summed E-state index contributed by atoms with van der Waals surface area (Å²) < 4.78 is 11.3. The molecule has 0 aliphatic carbocycles. The molecular formula is C14H26N2O3. The lowest BCUT2D eigenvalue weighted by atomic mass is 9.96. The van der Waals surface area contributed by atoms with Gasteiger partial charge in [-0.15, -0.1) is 0 Å². The molecule has 0 aromatic heterocycles. The third-order valence-electron chi connectivity index (χ3n) is 4.12. The van der Waals surface area contributed by atoms with Crippen LogP contribution in [0, 0.1) is 0 Å². The van der Waals surface area contributed by atoms with Crippen LogP contribution < -0.4 is 5.73 Å². The Kier molecular flexibility index (Phi) is 5.60. The monoisotopic (exact) mass is 270 g/mol. The largest absolute Gasteiger partial charge is 0.378 e. The first-order chi connectivity index (χ1) is 9.26. The van der Waals surface area contributed by atoms with Gasteiger partial charge in [0.05, 0.1) is 6.61 Å². The summed E-state index contributed by atoms with van der Waals surface area (Å²) in [7, 11) is 0. The zero-order valence-corrected chi connectivity index (χ0v) is 11.7. The van der Waals surface area contributed by atoms with E-state index in [1.165, 1.54) is 12.8 Å². The fraction of sp³-hybridized carbons (Fsp3) is 0.929. The van der Waals surface area contributed by atoms with Crippen LogP contribution >= 0.6 is 0 Å². The fourth-order valence-corrected chi connectivity index (χ4v) is 2.79. The molecule has 1 atom stereocenters. The Morgan fingerprint density at radius 2 is 1.95 bits per heavy atom. The van der Waals surface area contributed by atoms with Crippen molar-refractivity contribution < 1.29 is 14.3 Å². The van der Waals surface area contributed by atoms with E-state index in [-0.39, 0.29) is 12.5 Å². The van der Waals surface area contributed by atoms with Gasteiger partial charge in [-0.2, -0.15) is 0 Å². The smallest absolute Gasteiger partial charge is 0.248 e. The standard InChI is InChI=1S/C14H26N2O3/c15-11-14(6-5-9-18-12-14)19-10-13(17)16-7-3-1-2-4-8-16/h1-12,15H2. The molecule has 2 heterocycles. The first kappa shape index (κ1) is 14.8. The highest BCUT2D eigenvalue weighted by atomic mass is 16.5. The molecule has 1 unspecified atom stereocenters. The van der Waals surface area contributed by atoms with E-state index in [1.54, 1.807) is 0 Å². The van der Waals surface area contributed by atoms with Crippen LogP contribution in [0.1, 0.15) is 38.5 Å². The number of rotatable bonds is 4. The summed E-state index contributed by atoms with van der Waals surface area (Å²) in [4.78, 5) is 14.1. The van der Waals surface area contributed by atoms with Crippen LogP contribution in [-0.4, -0.2) is 55.9 Å². The molecule has 2 aliphatic heterocycles. The summed E-state index contributed by atoms with van der Waals surface area (Å²) in [6, 6.07) is 0. The van der Waals surface area contributed by atoms with Crippen molar-refractivity contribution in [3.63, 3.8) is 0 Å². The molecule has 1 amide bonds. The molecule has 0 bridgehead atoms. The molecular weight excluding hydrogens is 244 g/mol. The maximum Gasteiger partial charge on any atom is 0.248 e. The number of amides is 1. The van der Waals surface area contributed by atoms with Crippen LogP contribution in [0.25, 0.3) is 0 Å². The summed E-state index contributed by atoms with van der Waals surface area (Å²) in [6.45, 7) is 3.57. The van der Waals surface area contributed by atoms with Gasteiger partial charge in [0.25, 0.3) is 0 Å². The normalized spacial score (nSPS) is 29.0. The van der Waals surface area contributed by atoms with Gasteiger partial charge in [0.2, 0.25) is 5.91 Å². The predicted octanol–water partition coefficient (Wildman–Crippen LogP) is 0.913. The van der Waals surface area contributed by atoms with E-state index >= 15 is 0 Å². The highest BCUT2D eigenvalue weighted by molar-refractivity contribution is 5.77. The Morgan fingerprint density at radius 1 is 1.21 bits per heavy atom. The number of hydrogen-bond donors (Lipinski definition) is 1. The van der Waals surface area contributed by atoms with Crippen LogP contribution in [0.4, 0.5) is 0 Å². The van der Waals surface area contributed by atoms with E-state index in [9.17, 15) is 4.79 Å². The van der Waals surface area contributed by atoms with Crippen LogP contribution in [-0.2, 0) is 14.3 Å². The van der Waals surface area contributed by atoms with Crippen molar-refractivity contribution >= 4 is 5.91 Å². The quantitative estimate of drug-likeness (QED) is 0.825. The average Bonchev–Trinajstić information content (AvgIpc) is 2.75. The Hall–Kier alpha value is -0.650. The minimum absolute atomic E-state index is 0.0975. The van der Waals surface area contributed by atoms with E-state index in [2.05, 4.69) is 0 Å². The van der Waals surface area contributed by atoms with E-state index in [0.717, 1.165) is 45.4 Å². The number of nitrogens with two attached hydrogens (primary N) is 1. The second kappa shape index (κ2) is 7.22. The predicted molar refractivity (Wildman–Crippen MR) is 72.8 cm³/mol. The fourth-order valence-electron chi connectivity index (χ4n) is 2.79. The zero-order chi connectivity index (χ0) is 13.6. The SMILES string of the molecule is NCC1(OCC(=O)N2CCCCCC2)CCCOC1. The van der Waals surface area contributed by atoms with Crippen molar-refractivity contribution in [2.75, 3.05) is 39.5 Å². The molecule has 19 heavy (non-hydrogen) atoms. The van der Waals surface area contributed by atoms with E-state index in [4.69, 9.17) is 15.2 Å². The number of carbonyl (C=O) groups is 1. The van der Waals surface area contributed by atoms with Gasteiger partial charge in [-0.05, 0) is 25.7 Å². The molecule has 110 valence electrons. The minimum atomic E-state index is -0.445. The second-order valence-electron chi connectivity index (χ2n) is 5.63. The van der Waals surface area contributed by atoms with Crippen molar-refractivity contribution in [2.24, 2.45) is 5.73 Å². The molecule has 0 saturated carbocycles. The van der Waals surface area contributed by atoms with Crippen LogP contribution in [0.5, 0.6) is 0 Å². The van der Waals surface area contributed by atoms with E-state index in [0.29, 0.717) is 13.2 Å². The Labute approximate surface area is 115 Å². The molecule has 2 saturated heterocycles. The van der Waals surface area contributed by atoms with Crippen LogP contribution in [0.3, 0.4) is 0 Å². The van der Waals surface area contributed by atoms with Crippen molar-refractivity contribution in [3.05, 3.63) is 0 Å². The van der Waals surface area contributed by atoms with Gasteiger partial charge in [-0.3, -0.25) is 4.79 Å². The molecule has 2 aliphatic rings. The molecule has 2 N–H and O–H groups in total. The summed E-state index contributed by atoms with van der Waals surface area (Å²) in [5.41, 5.74) is 5.35. The minimum Gasteiger partial charge on any atom is -0.378 e. The van der Waals surface area contributed by atoms with Gasteiger partial charge in [0, 0.05) is 26.2 Å². The molecule has 0 spiro atoms. The number of ether oxygens (including phenoxy) is 2. The first-order valence-corrected chi connectivity index (χ1v) is 7.45. The second-order valence-corrected chi connectivity index (χ2v) is 5.63. The topological polar surface area (TPSA) is 64.8 Å². The zero-order valence-electron chi connectivity index (χ0n) is 11.7. The van der Waals surface area contributed by atoms with Crippen LogP contribution in [0.15, 0.2) is 0 Å². The molecule has 2 fully saturated rings. The lowest BCUT2D eigenvalue weighted by Crippen LogP contribution is -2.49. The average molecular weight is 270 g/mol. The Morgan fingerprint density at radius 3 is 2.53 bits per heavy atom. The van der Waals surface area contributed by atoms with Crippen LogP contribution in [0.2, 0.25) is 0 Å². The molecule has 5 nitrogen and oxygen atoms in total. The van der Waals surface area contributed by atoms with Gasteiger partial charge in [-0.1, -0.05) is 12.8 Å². The number of carbonyl (C=O) groups excluding carboxylic acids is 1. The third-order valence-corrected chi connectivity index (χ3v) is 4.12. The lowest BCUT2D eigenvalue weighted by Gasteiger charge is -2.36. The van der Waals surface area contributed by atoms with Crippen molar-refractivity contribution in [1.29, 1.82) is 0 Å². The number of likely N-dealkylation sites (tertiary alicyclic amines) is 1. The number of nitrogens with zero attached hydrogens (tertiary/aromatic N) is 1. The van der Waals surface area contributed by atoms with E-state index < -0.39 is 5.60 Å². The summed E-state index contributed by atoms with van der Waals surface area (Å²) in [5, 5.41) is 0. The highest BCUT2D eigenvalue weighted by Gasteiger charge is 2.33. The molecule has 5 heteroatoms. The lowest BCUT2D eigenvalue weighted by molar-refractivity contribution is -0.155. The summed E-state index contributed by atoms with van der Waals surface area (Å²) in [6.07, 6.45) is 6.51. The maximum absolute atomic E-state index is 12.2. The Balaban J connectivity index is 1.80. The van der Waals surface area contributed by atoms with Crippen molar-refractivity contribution in [1.82, 2.24) is 4.90 Å². The summed E-state index contributed by atoms with van der Waals surface area (Å²) in [5.74, 6) is 0.0975. The van der Waals surface area contributed by atoms with Crippen molar-refractivity contribution in [2.45, 2.75) is 44.1 Å². The summed E-state index contributed by atoms with van der Waals surface area (Å²) >= 11 is 0. The third kappa shape index (κ3) is 4.16. The van der Waals surface area contributed by atoms with Gasteiger partial charge in [-0.25, -0.2) is 0 Å². The molecule has 2 rings (SSSR count). The molecule has 0 radical (unpaired) electrons. The van der Waals surface area contributed by atoms with E-state index in [1.807, 2.05) is 4.90 Å². The van der Waals surface area contributed by atoms with Gasteiger partial charge >= 0.3 is 0 Å². The maximum atomic E-state index is 12.2. The molecule has 0 aromatic rings. The van der Waals surface area contributed by atoms with Gasteiger partial charge in [0.15, 0.2) is 0 Å².